The predicted octanol–water partition coefficient (Wildman–Crippen LogP) is 3.95. The van der Waals surface area contributed by atoms with E-state index in [0.29, 0.717) is 5.92 Å². The molecule has 1 heterocycles. The predicted molar refractivity (Wildman–Crippen MR) is 84.5 cm³/mol. The van der Waals surface area contributed by atoms with E-state index in [0.717, 1.165) is 24.8 Å². The van der Waals surface area contributed by atoms with Gasteiger partial charge in [0.2, 0.25) is 0 Å². The van der Waals surface area contributed by atoms with Crippen LogP contribution in [0.3, 0.4) is 0 Å². The van der Waals surface area contributed by atoms with Gasteiger partial charge in [-0.15, -0.1) is 0 Å². The van der Waals surface area contributed by atoms with Gasteiger partial charge >= 0.3 is 0 Å². The summed E-state index contributed by atoms with van der Waals surface area (Å²) in [6.45, 7) is 4.57. The molecule has 20 heavy (non-hydrogen) atoms. The molecule has 2 aromatic carbocycles. The molecule has 2 heteroatoms. The monoisotopic (exact) mass is 269 g/mol. The lowest BCUT2D eigenvalue weighted by molar-refractivity contribution is 0.319. The van der Waals surface area contributed by atoms with Gasteiger partial charge in [0.1, 0.15) is 5.75 Å². The van der Waals surface area contributed by atoms with E-state index in [1.165, 1.54) is 29.2 Å². The van der Waals surface area contributed by atoms with Crippen molar-refractivity contribution < 1.29 is 4.74 Å². The van der Waals surface area contributed by atoms with Crippen molar-refractivity contribution in [3.05, 3.63) is 42.0 Å². The summed E-state index contributed by atoms with van der Waals surface area (Å²) >= 11 is 0. The largest absolute Gasteiger partial charge is 0.496 e. The highest BCUT2D eigenvalue weighted by Gasteiger charge is 2.26. The maximum atomic E-state index is 5.51. The molecule has 2 nitrogen and oxygen atoms in total. The van der Waals surface area contributed by atoms with E-state index >= 15 is 0 Å². The van der Waals surface area contributed by atoms with Crippen LogP contribution in [0.25, 0.3) is 10.8 Å². The van der Waals surface area contributed by atoms with Crippen LogP contribution in [0.2, 0.25) is 0 Å². The summed E-state index contributed by atoms with van der Waals surface area (Å²) in [5.41, 5.74) is 1.50. The molecule has 0 saturated carbocycles. The fourth-order valence-electron chi connectivity index (χ4n) is 3.56. The second-order valence-corrected chi connectivity index (χ2v) is 5.67. The van der Waals surface area contributed by atoms with Crippen LogP contribution in [0.4, 0.5) is 0 Å². The number of rotatable bonds is 3. The van der Waals surface area contributed by atoms with Crippen LogP contribution in [0.15, 0.2) is 36.4 Å². The van der Waals surface area contributed by atoms with Crippen molar-refractivity contribution in [2.45, 2.75) is 25.7 Å². The van der Waals surface area contributed by atoms with Crippen molar-refractivity contribution in [3.63, 3.8) is 0 Å². The SMILES string of the molecule is CCC1CNCCC1c1ccc(OC)c2ccccc12. The van der Waals surface area contributed by atoms with E-state index in [1.54, 1.807) is 7.11 Å². The molecule has 0 amide bonds. The van der Waals surface area contributed by atoms with E-state index in [2.05, 4.69) is 48.6 Å². The van der Waals surface area contributed by atoms with Crippen LogP contribution >= 0.6 is 0 Å². The summed E-state index contributed by atoms with van der Waals surface area (Å²) in [5.74, 6) is 2.38. The third-order valence-corrected chi connectivity index (χ3v) is 4.67. The first-order chi connectivity index (χ1) is 9.85. The molecule has 1 saturated heterocycles. The van der Waals surface area contributed by atoms with E-state index in [9.17, 15) is 0 Å². The lowest BCUT2D eigenvalue weighted by Crippen LogP contribution is -2.35. The van der Waals surface area contributed by atoms with Gasteiger partial charge in [0, 0.05) is 5.39 Å². The molecule has 1 aliphatic heterocycles. The number of hydrogen-bond donors (Lipinski definition) is 1. The topological polar surface area (TPSA) is 21.3 Å². The van der Waals surface area contributed by atoms with Gasteiger partial charge in [-0.3, -0.25) is 0 Å². The lowest BCUT2D eigenvalue weighted by atomic mass is 9.78. The van der Waals surface area contributed by atoms with Gasteiger partial charge in [-0.25, -0.2) is 0 Å². The van der Waals surface area contributed by atoms with Gasteiger partial charge in [0.15, 0.2) is 0 Å². The normalized spacial score (nSPS) is 22.9. The molecule has 1 aliphatic rings. The second-order valence-electron chi connectivity index (χ2n) is 5.67. The Morgan fingerprint density at radius 3 is 2.70 bits per heavy atom. The van der Waals surface area contributed by atoms with Crippen LogP contribution in [0.5, 0.6) is 5.75 Å². The first-order valence-electron chi connectivity index (χ1n) is 7.61. The van der Waals surface area contributed by atoms with Gasteiger partial charge in [-0.1, -0.05) is 43.7 Å². The Balaban J connectivity index is 2.11. The van der Waals surface area contributed by atoms with E-state index in [-0.39, 0.29) is 0 Å². The Labute approximate surface area is 121 Å². The molecule has 1 N–H and O–H groups in total. The average molecular weight is 269 g/mol. The summed E-state index contributed by atoms with van der Waals surface area (Å²) < 4.78 is 5.51. The quantitative estimate of drug-likeness (QED) is 0.911. The molecule has 0 aromatic heterocycles. The first-order valence-corrected chi connectivity index (χ1v) is 7.61. The number of piperidine rings is 1. The molecule has 1 fully saturated rings. The first kappa shape index (κ1) is 13.4. The fraction of sp³-hybridized carbons (Fsp3) is 0.444. The zero-order valence-corrected chi connectivity index (χ0v) is 12.4. The van der Waals surface area contributed by atoms with E-state index < -0.39 is 0 Å². The Hall–Kier alpha value is -1.54. The fourth-order valence-corrected chi connectivity index (χ4v) is 3.56. The van der Waals surface area contributed by atoms with Crippen molar-refractivity contribution in [2.75, 3.05) is 20.2 Å². The van der Waals surface area contributed by atoms with Crippen LogP contribution in [-0.2, 0) is 0 Å². The van der Waals surface area contributed by atoms with Crippen molar-refractivity contribution >= 4 is 10.8 Å². The van der Waals surface area contributed by atoms with Gasteiger partial charge < -0.3 is 10.1 Å². The summed E-state index contributed by atoms with van der Waals surface area (Å²) in [5, 5.41) is 6.13. The summed E-state index contributed by atoms with van der Waals surface area (Å²) in [7, 11) is 1.75. The average Bonchev–Trinajstić information content (AvgIpc) is 2.53. The molecule has 0 radical (unpaired) electrons. The van der Waals surface area contributed by atoms with Crippen molar-refractivity contribution in [3.8, 4) is 5.75 Å². The highest BCUT2D eigenvalue weighted by Crippen LogP contribution is 2.38. The Kier molecular flexibility index (Phi) is 3.93. The molecule has 0 spiro atoms. The maximum Gasteiger partial charge on any atom is 0.126 e. The molecule has 3 rings (SSSR count). The second kappa shape index (κ2) is 5.84. The van der Waals surface area contributed by atoms with Crippen LogP contribution in [0.1, 0.15) is 31.2 Å². The molecular weight excluding hydrogens is 246 g/mol. The highest BCUT2D eigenvalue weighted by atomic mass is 16.5. The minimum atomic E-state index is 0.664. The highest BCUT2D eigenvalue weighted by molar-refractivity contribution is 5.91. The third kappa shape index (κ3) is 2.29. The van der Waals surface area contributed by atoms with Crippen molar-refractivity contribution in [2.24, 2.45) is 5.92 Å². The van der Waals surface area contributed by atoms with Crippen LogP contribution < -0.4 is 10.1 Å². The number of benzene rings is 2. The van der Waals surface area contributed by atoms with Gasteiger partial charge in [-0.2, -0.15) is 0 Å². The Bertz CT molecular complexity index is 593. The van der Waals surface area contributed by atoms with Crippen molar-refractivity contribution in [1.82, 2.24) is 5.32 Å². The number of nitrogens with one attached hydrogen (secondary N) is 1. The molecule has 0 aliphatic carbocycles. The van der Waals surface area contributed by atoms with E-state index in [4.69, 9.17) is 4.74 Å². The standard InChI is InChI=1S/C18H23NO/c1-3-13-12-19-11-10-14(13)16-8-9-18(20-2)17-7-5-4-6-15(16)17/h4-9,13-14,19H,3,10-12H2,1-2H3. The minimum Gasteiger partial charge on any atom is -0.496 e. The van der Waals surface area contributed by atoms with Crippen molar-refractivity contribution in [1.29, 1.82) is 0 Å². The summed E-state index contributed by atoms with van der Waals surface area (Å²) in [4.78, 5) is 0. The van der Waals surface area contributed by atoms with Gasteiger partial charge in [0.25, 0.3) is 0 Å². The molecule has 106 valence electrons. The molecule has 0 bridgehead atoms. The van der Waals surface area contributed by atoms with Crippen LogP contribution in [-0.4, -0.2) is 20.2 Å². The zero-order valence-electron chi connectivity index (χ0n) is 12.4. The smallest absolute Gasteiger partial charge is 0.126 e. The maximum absolute atomic E-state index is 5.51. The Morgan fingerprint density at radius 2 is 1.95 bits per heavy atom. The zero-order chi connectivity index (χ0) is 13.9. The number of ether oxygens (including phenoxy) is 1. The summed E-state index contributed by atoms with van der Waals surface area (Å²) in [6.07, 6.45) is 2.47. The third-order valence-electron chi connectivity index (χ3n) is 4.67. The summed E-state index contributed by atoms with van der Waals surface area (Å²) in [6, 6.07) is 13.0. The lowest BCUT2D eigenvalue weighted by Gasteiger charge is -2.32. The molecule has 2 unspecified atom stereocenters. The minimum absolute atomic E-state index is 0.664. The molecule has 2 aromatic rings. The Morgan fingerprint density at radius 1 is 1.15 bits per heavy atom. The number of hydrogen-bond acceptors (Lipinski definition) is 2. The van der Waals surface area contributed by atoms with Crippen LogP contribution in [0, 0.1) is 5.92 Å². The molecule has 2 atom stereocenters. The number of methoxy groups -OCH3 is 1. The van der Waals surface area contributed by atoms with E-state index in [1.807, 2.05) is 0 Å². The molecular formula is C18H23NO. The van der Waals surface area contributed by atoms with Gasteiger partial charge in [-0.05, 0) is 48.4 Å². The number of fused-ring (bicyclic) bond motifs is 1. The van der Waals surface area contributed by atoms with Gasteiger partial charge in [0.05, 0.1) is 7.11 Å².